The van der Waals surface area contributed by atoms with Gasteiger partial charge >= 0.3 is 0 Å². The molecule has 0 atom stereocenters. The molecule has 0 unspecified atom stereocenters. The summed E-state index contributed by atoms with van der Waals surface area (Å²) in [5.74, 6) is -0.0825. The molecule has 0 saturated carbocycles. The van der Waals surface area contributed by atoms with E-state index in [9.17, 15) is 2.74 Å². The Morgan fingerprint density at radius 2 is 1.15 bits per heavy atom. The molecule has 6 nitrogen and oxygen atoms in total. The monoisotopic (exact) mass is 886 g/mol. The van der Waals surface area contributed by atoms with Crippen LogP contribution in [0.2, 0.25) is 0 Å². The van der Waals surface area contributed by atoms with Crippen molar-refractivity contribution < 1.29 is 7.48 Å². The number of benzene rings is 6. The van der Waals surface area contributed by atoms with Crippen LogP contribution in [0.5, 0.6) is 11.5 Å². The molecule has 3 heterocycles. The lowest BCUT2D eigenvalue weighted by atomic mass is 9.80. The highest BCUT2D eigenvalue weighted by molar-refractivity contribution is 6.09. The highest BCUT2D eigenvalue weighted by atomic mass is 16.5. The van der Waals surface area contributed by atoms with E-state index in [2.05, 4.69) is 185 Å². The number of anilines is 4. The summed E-state index contributed by atoms with van der Waals surface area (Å²) in [6.45, 7) is 36.3. The zero-order valence-electron chi connectivity index (χ0n) is 43.6. The van der Waals surface area contributed by atoms with Crippen LogP contribution in [-0.4, -0.2) is 16.2 Å². The van der Waals surface area contributed by atoms with E-state index in [-0.39, 0.29) is 16.2 Å². The van der Waals surface area contributed by atoms with Crippen molar-refractivity contribution in [1.29, 1.82) is 0 Å². The fraction of sp³-hybridized carbons (Fsp3) is 0.311. The van der Waals surface area contributed by atoms with Gasteiger partial charge in [-0.2, -0.15) is 0 Å². The zero-order valence-corrected chi connectivity index (χ0v) is 41.6. The van der Waals surface area contributed by atoms with E-state index in [1.165, 1.54) is 16.7 Å². The summed E-state index contributed by atoms with van der Waals surface area (Å²) in [6, 6.07) is 44.6. The Bertz CT molecular complexity index is 3270. The van der Waals surface area contributed by atoms with Gasteiger partial charge in [0.1, 0.15) is 24.0 Å². The van der Waals surface area contributed by atoms with Crippen molar-refractivity contribution in [3.63, 3.8) is 0 Å². The summed E-state index contributed by atoms with van der Waals surface area (Å²) < 4.78 is 28.3. The van der Waals surface area contributed by atoms with E-state index in [0.717, 1.165) is 61.5 Å². The van der Waals surface area contributed by atoms with Crippen molar-refractivity contribution in [2.45, 2.75) is 118 Å². The Kier molecular flexibility index (Phi) is 10.7. The smallest absolute Gasteiger partial charge is 0.187 e. The maximum Gasteiger partial charge on any atom is 0.187 e. The Balaban J connectivity index is 1.26. The van der Waals surface area contributed by atoms with Crippen molar-refractivity contribution in [2.75, 3.05) is 16.5 Å². The fourth-order valence-corrected chi connectivity index (χ4v) is 9.43. The van der Waals surface area contributed by atoms with Gasteiger partial charge < -0.3 is 14.5 Å². The van der Waals surface area contributed by atoms with Crippen molar-refractivity contribution >= 4 is 50.2 Å². The van der Waals surface area contributed by atoms with Gasteiger partial charge in [-0.15, -0.1) is 0 Å². The van der Waals surface area contributed by atoms with Crippen LogP contribution in [0.1, 0.15) is 132 Å². The third-order valence-corrected chi connectivity index (χ3v) is 13.3. The molecule has 0 fully saturated rings. The molecule has 340 valence electrons. The molecule has 6 aromatic carbocycles. The maximum absolute atomic E-state index is 9.47. The van der Waals surface area contributed by atoms with Crippen molar-refractivity contribution in [1.82, 2.24) is 9.55 Å². The largest absolute Gasteiger partial charge is 0.457 e. The number of nitrogens with zero attached hydrogens (tertiary/aromatic N) is 5. The van der Waals surface area contributed by atoms with Crippen molar-refractivity contribution in [3.8, 4) is 28.4 Å². The van der Waals surface area contributed by atoms with E-state index < -0.39 is 11.8 Å². The van der Waals surface area contributed by atoms with E-state index in [0.29, 0.717) is 35.0 Å². The molecule has 0 radical (unpaired) electrons. The number of hydrogen-bond donors (Lipinski definition) is 0. The minimum absolute atomic E-state index is 0.0602. The van der Waals surface area contributed by atoms with Gasteiger partial charge in [0.25, 0.3) is 0 Å². The number of fused-ring (bicyclic) bond motifs is 4. The first-order valence-corrected chi connectivity index (χ1v) is 23.5. The minimum Gasteiger partial charge on any atom is -0.457 e. The zero-order chi connectivity index (χ0) is 49.6. The lowest BCUT2D eigenvalue weighted by Crippen LogP contribution is -2.25. The van der Waals surface area contributed by atoms with Gasteiger partial charge in [0.2, 0.25) is 0 Å². The molecule has 0 N–H and O–H groups in total. The standard InChI is InChI=1S/C61H65N5O/c1-38(2)51-33-44(62-14)34-52(39(3)4)58(51)40-27-45(64-37-65(55-22-18-17-21-54(55)64)46-30-42(60(8,9)10)29-43(31-46)61(11,12)13)35-48(28-40)67-47-23-24-50-49-19-15-16-20-53(49)66(56(50)36-47)57-32-41(25-26-63-57)59(5,6)7/h15-36,38-39H,37H2,1-13H3/i38D,39D. The van der Waals surface area contributed by atoms with E-state index in [1.54, 1.807) is 0 Å². The van der Waals surface area contributed by atoms with Crippen molar-refractivity contribution in [2.24, 2.45) is 0 Å². The minimum atomic E-state index is -1.09. The Morgan fingerprint density at radius 3 is 1.73 bits per heavy atom. The second kappa shape index (κ2) is 16.8. The molecule has 0 aliphatic carbocycles. The van der Waals surface area contributed by atoms with Gasteiger partial charge in [-0.05, 0) is 134 Å². The van der Waals surface area contributed by atoms with Crippen molar-refractivity contribution in [3.05, 3.63) is 173 Å². The SMILES string of the molecule is [2H]C(C)(C)c1cc([N+]#[C-])cc(C([2H])(C)C)c1-c1cc(Oc2ccc3c4ccccc4n(-c4cc(C(C)(C)C)ccn4)c3c2)cc(N2CN(c3cc(C(C)(C)C)cc(C(C)(C)C)c3)c3ccccc32)c1. The van der Waals surface area contributed by atoms with Crippen LogP contribution in [0.4, 0.5) is 28.4 Å². The lowest BCUT2D eigenvalue weighted by Gasteiger charge is -2.29. The third kappa shape index (κ3) is 8.57. The molecule has 1 aliphatic heterocycles. The Hall–Kier alpha value is -6.84. The van der Waals surface area contributed by atoms with Crippen LogP contribution in [-0.2, 0) is 16.2 Å². The summed E-state index contributed by atoms with van der Waals surface area (Å²) in [7, 11) is 0. The molecular formula is C61H65N5O. The Labute approximate surface area is 401 Å². The van der Waals surface area contributed by atoms with Gasteiger partial charge in [-0.3, -0.25) is 4.57 Å². The first-order valence-electron chi connectivity index (χ1n) is 24.5. The molecule has 0 bridgehead atoms. The van der Waals surface area contributed by atoms with Crippen LogP contribution < -0.4 is 14.5 Å². The normalized spacial score (nSPS) is 14.0. The number of aromatic nitrogens is 2. The van der Waals surface area contributed by atoms with Crippen LogP contribution in [0.3, 0.4) is 0 Å². The number of ether oxygens (including phenoxy) is 1. The summed E-state index contributed by atoms with van der Waals surface area (Å²) in [5.41, 5.74) is 13.2. The molecule has 0 spiro atoms. The van der Waals surface area contributed by atoms with Gasteiger partial charge in [-0.1, -0.05) is 139 Å². The summed E-state index contributed by atoms with van der Waals surface area (Å²) in [4.78, 5) is 13.5. The Morgan fingerprint density at radius 1 is 0.582 bits per heavy atom. The van der Waals surface area contributed by atoms with Crippen LogP contribution in [0, 0.1) is 6.57 Å². The van der Waals surface area contributed by atoms with Gasteiger partial charge in [-0.25, -0.2) is 9.83 Å². The van der Waals surface area contributed by atoms with E-state index in [4.69, 9.17) is 16.3 Å². The predicted molar refractivity (Wildman–Crippen MR) is 283 cm³/mol. The quantitative estimate of drug-likeness (QED) is 0.143. The predicted octanol–water partition coefficient (Wildman–Crippen LogP) is 17.6. The second-order valence-corrected chi connectivity index (χ2v) is 21.8. The first kappa shape index (κ1) is 42.8. The molecule has 0 amide bonds. The number of pyridine rings is 1. The average Bonchev–Trinajstić information content (AvgIpc) is 3.83. The van der Waals surface area contributed by atoms with E-state index >= 15 is 0 Å². The maximum atomic E-state index is 9.47. The van der Waals surface area contributed by atoms with Gasteiger partial charge in [0.15, 0.2) is 5.69 Å². The van der Waals surface area contributed by atoms with Crippen LogP contribution >= 0.6 is 0 Å². The van der Waals surface area contributed by atoms with E-state index in [1.807, 2.05) is 58.2 Å². The second-order valence-electron chi connectivity index (χ2n) is 21.8. The molecule has 9 rings (SSSR count). The third-order valence-electron chi connectivity index (χ3n) is 13.3. The summed E-state index contributed by atoms with van der Waals surface area (Å²) in [5, 5.41) is 2.23. The van der Waals surface area contributed by atoms with Gasteiger partial charge in [0.05, 0.1) is 29.0 Å². The molecular weight excluding hydrogens is 819 g/mol. The topological polar surface area (TPSA) is 37.9 Å². The molecule has 2 aromatic heterocycles. The highest BCUT2D eigenvalue weighted by Gasteiger charge is 2.31. The first-order chi connectivity index (χ1) is 32.3. The lowest BCUT2D eigenvalue weighted by molar-refractivity contribution is 0.483. The number of para-hydroxylation sites is 3. The molecule has 1 aliphatic rings. The number of rotatable bonds is 8. The summed E-state index contributed by atoms with van der Waals surface area (Å²) in [6.07, 6.45) is 1.90. The van der Waals surface area contributed by atoms with Crippen LogP contribution in [0.25, 0.3) is 43.6 Å². The number of hydrogen-bond acceptors (Lipinski definition) is 4. The summed E-state index contributed by atoms with van der Waals surface area (Å²) >= 11 is 0. The average molecular weight is 886 g/mol. The molecule has 67 heavy (non-hydrogen) atoms. The molecule has 8 aromatic rings. The fourth-order valence-electron chi connectivity index (χ4n) is 9.43. The van der Waals surface area contributed by atoms with Gasteiger partial charge in [0, 0.05) is 43.2 Å². The molecule has 6 heteroatoms. The van der Waals surface area contributed by atoms with Crippen LogP contribution in [0.15, 0.2) is 134 Å². The highest BCUT2D eigenvalue weighted by Crippen LogP contribution is 2.49. The molecule has 0 saturated heterocycles.